The lowest BCUT2D eigenvalue weighted by molar-refractivity contribution is 0.194. The first-order chi connectivity index (χ1) is 6.68. The maximum absolute atomic E-state index is 9.50. The van der Waals surface area contributed by atoms with Crippen LogP contribution in [-0.4, -0.2) is 10.1 Å². The molecule has 0 aliphatic carbocycles. The lowest BCUT2D eigenvalue weighted by atomic mass is 10.1. The molecule has 1 aromatic carbocycles. The molecule has 1 atom stereocenters. The average molecular weight is 187 g/mol. The molecule has 1 heterocycles. The number of aliphatic hydroxyl groups excluding tert-OH is 1. The number of benzene rings is 1. The minimum absolute atomic E-state index is 0.500. The first kappa shape index (κ1) is 9.16. The zero-order valence-corrected chi connectivity index (χ0v) is 8.36. The number of aryl methyl sites for hydroxylation is 1. The van der Waals surface area contributed by atoms with Crippen molar-refractivity contribution >= 4 is 10.9 Å². The van der Waals surface area contributed by atoms with Gasteiger partial charge in [0.15, 0.2) is 0 Å². The summed E-state index contributed by atoms with van der Waals surface area (Å²) in [5, 5.41) is 10.6. The van der Waals surface area contributed by atoms with Crippen LogP contribution in [0.1, 0.15) is 24.3 Å². The van der Waals surface area contributed by atoms with Crippen LogP contribution in [0.3, 0.4) is 0 Å². The molecule has 2 rings (SSSR count). The summed E-state index contributed by atoms with van der Waals surface area (Å²) in [6.45, 7) is 3.71. The number of para-hydroxylation sites is 1. The predicted octanol–water partition coefficient (Wildman–Crippen LogP) is 2.60. The molecule has 1 aromatic heterocycles. The molecule has 72 valence electrons. The Balaban J connectivity index is 2.71. The van der Waals surface area contributed by atoms with Gasteiger partial charge in [0.1, 0.15) is 0 Å². The van der Waals surface area contributed by atoms with Gasteiger partial charge in [-0.2, -0.15) is 0 Å². The summed E-state index contributed by atoms with van der Waals surface area (Å²) in [6, 6.07) is 9.99. The second-order valence-electron chi connectivity index (χ2n) is 3.56. The van der Waals surface area contributed by atoms with Crippen LogP contribution in [-0.2, 0) is 0 Å². The van der Waals surface area contributed by atoms with E-state index in [0.29, 0.717) is 0 Å². The summed E-state index contributed by atoms with van der Waals surface area (Å²) in [6.07, 6.45) is -0.500. The van der Waals surface area contributed by atoms with Crippen molar-refractivity contribution in [3.8, 4) is 0 Å². The third kappa shape index (κ3) is 1.49. The molecule has 0 aliphatic rings. The normalized spacial score (nSPS) is 13.1. The summed E-state index contributed by atoms with van der Waals surface area (Å²) in [7, 11) is 0. The van der Waals surface area contributed by atoms with E-state index in [1.807, 2.05) is 31.2 Å². The highest BCUT2D eigenvalue weighted by Crippen LogP contribution is 2.20. The van der Waals surface area contributed by atoms with Gasteiger partial charge < -0.3 is 5.11 Å². The summed E-state index contributed by atoms with van der Waals surface area (Å²) < 4.78 is 0. The largest absolute Gasteiger partial charge is 0.387 e. The summed E-state index contributed by atoms with van der Waals surface area (Å²) in [4.78, 5) is 4.42. The van der Waals surface area contributed by atoms with E-state index in [0.717, 1.165) is 22.2 Å². The van der Waals surface area contributed by atoms with E-state index in [4.69, 9.17) is 0 Å². The quantitative estimate of drug-likeness (QED) is 0.744. The maximum Gasteiger partial charge on any atom is 0.0934 e. The molecule has 1 N–H and O–H groups in total. The molecule has 1 unspecified atom stereocenters. The third-order valence-corrected chi connectivity index (χ3v) is 2.35. The highest BCUT2D eigenvalue weighted by atomic mass is 16.3. The molecule has 0 amide bonds. The lowest BCUT2D eigenvalue weighted by Crippen LogP contribution is -1.99. The minimum Gasteiger partial charge on any atom is -0.387 e. The highest BCUT2D eigenvalue weighted by molar-refractivity contribution is 5.79. The van der Waals surface area contributed by atoms with E-state index < -0.39 is 6.10 Å². The van der Waals surface area contributed by atoms with E-state index in [1.165, 1.54) is 0 Å². The molecule has 0 fully saturated rings. The van der Waals surface area contributed by atoms with Gasteiger partial charge in [0.05, 0.1) is 17.3 Å². The van der Waals surface area contributed by atoms with Crippen molar-refractivity contribution in [2.24, 2.45) is 0 Å². The Morgan fingerprint density at radius 3 is 2.71 bits per heavy atom. The second kappa shape index (κ2) is 3.39. The van der Waals surface area contributed by atoms with Gasteiger partial charge in [-0.3, -0.25) is 0 Å². The van der Waals surface area contributed by atoms with Crippen LogP contribution in [0.2, 0.25) is 0 Å². The fourth-order valence-corrected chi connectivity index (χ4v) is 1.66. The van der Waals surface area contributed by atoms with Crippen molar-refractivity contribution in [1.82, 2.24) is 4.98 Å². The number of nitrogens with zero attached hydrogens (tertiary/aromatic N) is 1. The zero-order chi connectivity index (χ0) is 10.1. The first-order valence-corrected chi connectivity index (χ1v) is 4.73. The van der Waals surface area contributed by atoms with Crippen LogP contribution in [0, 0.1) is 6.92 Å². The fraction of sp³-hybridized carbons (Fsp3) is 0.250. The topological polar surface area (TPSA) is 33.1 Å². The summed E-state index contributed by atoms with van der Waals surface area (Å²) in [5.41, 5.74) is 2.75. The van der Waals surface area contributed by atoms with Crippen LogP contribution < -0.4 is 0 Å². The highest BCUT2D eigenvalue weighted by Gasteiger charge is 2.07. The number of hydrogen-bond acceptors (Lipinski definition) is 2. The van der Waals surface area contributed by atoms with E-state index in [2.05, 4.69) is 11.1 Å². The van der Waals surface area contributed by atoms with Crippen molar-refractivity contribution in [2.45, 2.75) is 20.0 Å². The zero-order valence-electron chi connectivity index (χ0n) is 8.36. The molecule has 14 heavy (non-hydrogen) atoms. The SMILES string of the molecule is Cc1cc2ccccc2nc1C(C)O. The van der Waals surface area contributed by atoms with E-state index in [1.54, 1.807) is 6.92 Å². The van der Waals surface area contributed by atoms with Gasteiger partial charge >= 0.3 is 0 Å². The van der Waals surface area contributed by atoms with Crippen LogP contribution in [0.25, 0.3) is 10.9 Å². The predicted molar refractivity (Wildman–Crippen MR) is 57.1 cm³/mol. The first-order valence-electron chi connectivity index (χ1n) is 4.73. The number of rotatable bonds is 1. The van der Waals surface area contributed by atoms with Gasteiger partial charge in [0.25, 0.3) is 0 Å². The molecule has 0 saturated heterocycles. The number of pyridine rings is 1. The smallest absolute Gasteiger partial charge is 0.0934 e. The third-order valence-electron chi connectivity index (χ3n) is 2.35. The molecule has 2 nitrogen and oxygen atoms in total. The number of hydrogen-bond donors (Lipinski definition) is 1. The van der Waals surface area contributed by atoms with Crippen molar-refractivity contribution in [1.29, 1.82) is 0 Å². The molecule has 0 saturated carbocycles. The van der Waals surface area contributed by atoms with E-state index >= 15 is 0 Å². The van der Waals surface area contributed by atoms with Crippen LogP contribution in [0.4, 0.5) is 0 Å². The van der Waals surface area contributed by atoms with Crippen molar-refractivity contribution in [3.05, 3.63) is 41.6 Å². The molecule has 0 aliphatic heterocycles. The van der Waals surface area contributed by atoms with Gasteiger partial charge in [0.2, 0.25) is 0 Å². The van der Waals surface area contributed by atoms with Gasteiger partial charge in [-0.15, -0.1) is 0 Å². The monoisotopic (exact) mass is 187 g/mol. The average Bonchev–Trinajstić information content (AvgIpc) is 2.16. The van der Waals surface area contributed by atoms with E-state index in [9.17, 15) is 5.11 Å². The van der Waals surface area contributed by atoms with Gasteiger partial charge in [-0.1, -0.05) is 18.2 Å². The van der Waals surface area contributed by atoms with Gasteiger partial charge in [-0.25, -0.2) is 4.98 Å². The standard InChI is InChI=1S/C12H13NO/c1-8-7-10-5-3-4-6-11(10)13-12(8)9(2)14/h3-7,9,14H,1-2H3. The van der Waals surface area contributed by atoms with Gasteiger partial charge in [-0.05, 0) is 31.5 Å². The molecule has 2 heteroatoms. The Bertz CT molecular complexity index is 463. The number of aliphatic hydroxyl groups is 1. The van der Waals surface area contributed by atoms with Crippen molar-refractivity contribution in [3.63, 3.8) is 0 Å². The van der Waals surface area contributed by atoms with E-state index in [-0.39, 0.29) is 0 Å². The lowest BCUT2D eigenvalue weighted by Gasteiger charge is -2.09. The second-order valence-corrected chi connectivity index (χ2v) is 3.56. The molecular formula is C12H13NO. The summed E-state index contributed by atoms with van der Waals surface area (Å²) in [5.74, 6) is 0. The Hall–Kier alpha value is -1.41. The Kier molecular flexibility index (Phi) is 2.22. The Morgan fingerprint density at radius 2 is 2.00 bits per heavy atom. The Morgan fingerprint density at radius 1 is 1.29 bits per heavy atom. The molecule has 0 spiro atoms. The molecule has 2 aromatic rings. The fourth-order valence-electron chi connectivity index (χ4n) is 1.66. The van der Waals surface area contributed by atoms with Crippen LogP contribution in [0.15, 0.2) is 30.3 Å². The summed E-state index contributed by atoms with van der Waals surface area (Å²) >= 11 is 0. The van der Waals surface area contributed by atoms with Crippen molar-refractivity contribution in [2.75, 3.05) is 0 Å². The van der Waals surface area contributed by atoms with Gasteiger partial charge in [0, 0.05) is 5.39 Å². The maximum atomic E-state index is 9.50. The number of aromatic nitrogens is 1. The van der Waals surface area contributed by atoms with Crippen molar-refractivity contribution < 1.29 is 5.11 Å². The molecule has 0 radical (unpaired) electrons. The molecule has 0 bridgehead atoms. The van der Waals surface area contributed by atoms with Crippen LogP contribution in [0.5, 0.6) is 0 Å². The minimum atomic E-state index is -0.500. The number of fused-ring (bicyclic) bond motifs is 1. The van der Waals surface area contributed by atoms with Crippen LogP contribution >= 0.6 is 0 Å². The Labute approximate surface area is 83.2 Å². The molecular weight excluding hydrogens is 174 g/mol.